The Balaban J connectivity index is 1.73. The van der Waals surface area contributed by atoms with Gasteiger partial charge in [-0.3, -0.25) is 19.2 Å². The van der Waals surface area contributed by atoms with E-state index in [1.54, 1.807) is 29.2 Å². The molecule has 0 aromatic heterocycles. The van der Waals surface area contributed by atoms with Crippen LogP contribution in [0.15, 0.2) is 48.5 Å². The zero-order chi connectivity index (χ0) is 24.6. The number of hydrogen-bond acceptors (Lipinski definition) is 5. The molecule has 1 aliphatic rings. The van der Waals surface area contributed by atoms with E-state index in [2.05, 4.69) is 5.32 Å². The third kappa shape index (κ3) is 6.18. The number of amides is 3. The summed E-state index contributed by atoms with van der Waals surface area (Å²) in [5.74, 6) is -0.835. The van der Waals surface area contributed by atoms with Crippen LogP contribution in [0.4, 0.5) is 10.1 Å². The quantitative estimate of drug-likeness (QED) is 0.409. The number of likely N-dealkylation sites (tertiary alicyclic amines) is 1. The lowest BCUT2D eigenvalue weighted by atomic mass is 9.78. The van der Waals surface area contributed by atoms with E-state index in [-0.39, 0.29) is 37.3 Å². The van der Waals surface area contributed by atoms with E-state index in [1.165, 1.54) is 12.1 Å². The van der Waals surface area contributed by atoms with Gasteiger partial charge in [0.1, 0.15) is 5.82 Å². The Hall–Kier alpha value is -3.30. The molecule has 1 saturated heterocycles. The van der Waals surface area contributed by atoms with Crippen LogP contribution in [0.3, 0.4) is 0 Å². The molecule has 0 radical (unpaired) electrons. The Kier molecular flexibility index (Phi) is 8.72. The van der Waals surface area contributed by atoms with Gasteiger partial charge < -0.3 is 16.0 Å². The number of benzene rings is 2. The molecule has 1 aliphatic heterocycles. The minimum absolute atomic E-state index is 0.0547. The normalized spacial score (nSPS) is 15.0. The minimum atomic E-state index is -0.969. The van der Waals surface area contributed by atoms with Gasteiger partial charge in [0, 0.05) is 19.6 Å². The van der Waals surface area contributed by atoms with Crippen LogP contribution in [0.2, 0.25) is 0 Å². The second kappa shape index (κ2) is 11.7. The monoisotopic (exact) mass is 470 g/mol. The van der Waals surface area contributed by atoms with Crippen molar-refractivity contribution < 1.29 is 23.6 Å². The highest BCUT2D eigenvalue weighted by Gasteiger charge is 2.43. The number of anilines is 1. The van der Waals surface area contributed by atoms with Crippen molar-refractivity contribution in [2.45, 2.75) is 32.7 Å². The van der Waals surface area contributed by atoms with E-state index in [1.807, 2.05) is 19.1 Å². The zero-order valence-electron chi connectivity index (χ0n) is 19.3. The molecule has 2 aromatic carbocycles. The number of nitrogens with one attached hydrogen (secondary N) is 1. The summed E-state index contributed by atoms with van der Waals surface area (Å²) in [5, 5.41) is 3.98. The average molecular weight is 471 g/mol. The molecule has 8 nitrogen and oxygen atoms in total. The number of nitrogens with two attached hydrogens (primary N) is 1. The van der Waals surface area contributed by atoms with E-state index >= 15 is 0 Å². The van der Waals surface area contributed by atoms with Crippen LogP contribution in [0, 0.1) is 11.2 Å². The average Bonchev–Trinajstić information content (AvgIpc) is 2.88. The largest absolute Gasteiger partial charge is 0.351 e. The lowest BCUT2D eigenvalue weighted by molar-refractivity contribution is -0.145. The van der Waals surface area contributed by atoms with Crippen molar-refractivity contribution >= 4 is 23.9 Å². The topological polar surface area (TPSA) is 105 Å². The maximum absolute atomic E-state index is 13.5. The van der Waals surface area contributed by atoms with Gasteiger partial charge >= 0.3 is 0 Å². The van der Waals surface area contributed by atoms with Crippen LogP contribution in [0.1, 0.15) is 30.9 Å². The molecule has 3 rings (SSSR count). The van der Waals surface area contributed by atoms with Crippen molar-refractivity contribution in [2.24, 2.45) is 11.1 Å². The molecular weight excluding hydrogens is 439 g/mol. The van der Waals surface area contributed by atoms with Crippen molar-refractivity contribution in [1.29, 1.82) is 0 Å². The van der Waals surface area contributed by atoms with Crippen LogP contribution in [-0.2, 0) is 32.2 Å². The van der Waals surface area contributed by atoms with Gasteiger partial charge in [0.25, 0.3) is 0 Å². The lowest BCUT2D eigenvalue weighted by Crippen LogP contribution is -2.53. The fourth-order valence-corrected chi connectivity index (χ4v) is 4.00. The Morgan fingerprint density at radius 3 is 2.47 bits per heavy atom. The zero-order valence-corrected chi connectivity index (χ0v) is 19.3. The molecule has 0 bridgehead atoms. The Labute approximate surface area is 198 Å². The summed E-state index contributed by atoms with van der Waals surface area (Å²) in [7, 11) is 0. The first kappa shape index (κ1) is 25.3. The van der Waals surface area contributed by atoms with Crippen molar-refractivity contribution in [3.8, 4) is 0 Å². The third-order valence-electron chi connectivity index (χ3n) is 6.25. The molecule has 0 spiro atoms. The molecule has 3 N–H and O–H groups in total. The van der Waals surface area contributed by atoms with Gasteiger partial charge in [-0.15, -0.1) is 0 Å². The number of carbonyl (C=O) groups is 3. The van der Waals surface area contributed by atoms with Crippen molar-refractivity contribution in [1.82, 2.24) is 10.2 Å². The number of aryl methyl sites for hydroxylation is 1. The Morgan fingerprint density at radius 1 is 1.18 bits per heavy atom. The Morgan fingerprint density at radius 2 is 1.88 bits per heavy atom. The van der Waals surface area contributed by atoms with E-state index in [0.717, 1.165) is 17.0 Å². The SMILES string of the molecule is CCc1ccc(N(C=O)OCC2(C(=O)NCc3cccc(F)c3)CCN(C(=O)CN)CC2)cc1. The van der Waals surface area contributed by atoms with Gasteiger partial charge in [0.2, 0.25) is 18.2 Å². The van der Waals surface area contributed by atoms with Crippen molar-refractivity contribution in [2.75, 3.05) is 31.3 Å². The van der Waals surface area contributed by atoms with Crippen molar-refractivity contribution in [3.05, 3.63) is 65.5 Å². The van der Waals surface area contributed by atoms with Gasteiger partial charge in [-0.25, -0.2) is 4.39 Å². The summed E-state index contributed by atoms with van der Waals surface area (Å²) < 4.78 is 13.5. The third-order valence-corrected chi connectivity index (χ3v) is 6.25. The Bertz CT molecular complexity index is 991. The second-order valence-electron chi connectivity index (χ2n) is 8.40. The highest BCUT2D eigenvalue weighted by atomic mass is 19.1. The van der Waals surface area contributed by atoms with Gasteiger partial charge in [0.05, 0.1) is 24.3 Å². The van der Waals surface area contributed by atoms with Crippen LogP contribution in [0.5, 0.6) is 0 Å². The standard InChI is InChI=1S/C25H31FN4O4/c1-2-19-6-8-22(9-7-19)30(18-31)34-17-25(10-12-29(13-11-25)23(32)15-27)24(33)28-16-20-4-3-5-21(26)14-20/h3-9,14,18H,2,10-13,15-17,27H2,1H3,(H,28,33). The summed E-state index contributed by atoms with van der Waals surface area (Å²) in [4.78, 5) is 44.5. The molecule has 2 aromatic rings. The van der Waals surface area contributed by atoms with Crippen LogP contribution < -0.4 is 16.1 Å². The van der Waals surface area contributed by atoms with Crippen LogP contribution in [-0.4, -0.2) is 49.4 Å². The fourth-order valence-electron chi connectivity index (χ4n) is 4.00. The first-order valence-corrected chi connectivity index (χ1v) is 11.4. The number of carbonyl (C=O) groups excluding carboxylic acids is 3. The highest BCUT2D eigenvalue weighted by molar-refractivity contribution is 5.84. The minimum Gasteiger partial charge on any atom is -0.351 e. The van der Waals surface area contributed by atoms with Gasteiger partial charge in [-0.1, -0.05) is 31.2 Å². The predicted octanol–water partition coefficient (Wildman–Crippen LogP) is 2.17. The number of rotatable bonds is 10. The molecule has 9 heteroatoms. The summed E-state index contributed by atoms with van der Waals surface area (Å²) in [6.07, 6.45) is 2.12. The number of hydroxylamine groups is 1. The molecule has 0 aliphatic carbocycles. The van der Waals surface area contributed by atoms with E-state index < -0.39 is 5.41 Å². The molecule has 1 fully saturated rings. The number of hydrogen-bond donors (Lipinski definition) is 2. The number of nitrogens with zero attached hydrogens (tertiary/aromatic N) is 2. The lowest BCUT2D eigenvalue weighted by Gasteiger charge is -2.40. The molecule has 0 saturated carbocycles. The van der Waals surface area contributed by atoms with E-state index in [9.17, 15) is 18.8 Å². The first-order chi connectivity index (χ1) is 16.4. The van der Waals surface area contributed by atoms with Crippen molar-refractivity contribution in [3.63, 3.8) is 0 Å². The number of halogens is 1. The highest BCUT2D eigenvalue weighted by Crippen LogP contribution is 2.33. The molecule has 182 valence electrons. The van der Waals surface area contributed by atoms with Gasteiger partial charge in [0.15, 0.2) is 0 Å². The van der Waals surface area contributed by atoms with Gasteiger partial charge in [-0.05, 0) is 54.7 Å². The fraction of sp³-hybridized carbons (Fsp3) is 0.400. The summed E-state index contributed by atoms with van der Waals surface area (Å²) in [6.45, 7) is 2.73. The second-order valence-corrected chi connectivity index (χ2v) is 8.40. The molecule has 0 unspecified atom stereocenters. The molecule has 0 atom stereocenters. The van der Waals surface area contributed by atoms with Crippen LogP contribution in [0.25, 0.3) is 0 Å². The van der Waals surface area contributed by atoms with E-state index in [4.69, 9.17) is 10.6 Å². The maximum Gasteiger partial charge on any atom is 0.238 e. The maximum atomic E-state index is 13.5. The predicted molar refractivity (Wildman–Crippen MR) is 126 cm³/mol. The summed E-state index contributed by atoms with van der Waals surface area (Å²) in [5.41, 5.74) is 6.82. The van der Waals surface area contributed by atoms with Gasteiger partial charge in [-0.2, -0.15) is 5.06 Å². The molecular formula is C25H31FN4O4. The number of piperidine rings is 1. The molecule has 3 amide bonds. The van der Waals surface area contributed by atoms with Crippen LogP contribution >= 0.6 is 0 Å². The smallest absolute Gasteiger partial charge is 0.238 e. The first-order valence-electron chi connectivity index (χ1n) is 11.4. The van der Waals surface area contributed by atoms with E-state index in [0.29, 0.717) is 43.6 Å². The molecule has 34 heavy (non-hydrogen) atoms. The molecule has 1 heterocycles. The summed E-state index contributed by atoms with van der Waals surface area (Å²) in [6, 6.07) is 13.4. The summed E-state index contributed by atoms with van der Waals surface area (Å²) >= 11 is 0.